The van der Waals surface area contributed by atoms with Gasteiger partial charge in [0.1, 0.15) is 0 Å². The number of carboxylic acids is 1. The van der Waals surface area contributed by atoms with Crippen LogP contribution in [0.3, 0.4) is 0 Å². The zero-order chi connectivity index (χ0) is 24.3. The number of benzene rings is 2. The maximum atomic E-state index is 15.3. The molecular weight excluding hydrogens is 421 g/mol. The first-order chi connectivity index (χ1) is 15.3. The molecule has 5 nitrogen and oxygen atoms in total. The highest BCUT2D eigenvalue weighted by Gasteiger charge is 2.37. The predicted molar refractivity (Wildman–Crippen MR) is 128 cm³/mol. The summed E-state index contributed by atoms with van der Waals surface area (Å²) in [6.07, 6.45) is 1.08. The fraction of sp³-hybridized carbons (Fsp3) is 0.519. The lowest BCUT2D eigenvalue weighted by molar-refractivity contribution is -0.160. The van der Waals surface area contributed by atoms with Crippen molar-refractivity contribution >= 4 is 11.7 Å². The van der Waals surface area contributed by atoms with Crippen molar-refractivity contribution in [1.29, 1.82) is 0 Å². The van der Waals surface area contributed by atoms with Crippen LogP contribution >= 0.6 is 0 Å². The van der Waals surface area contributed by atoms with Gasteiger partial charge in [-0.25, -0.2) is 9.18 Å². The second-order valence-electron chi connectivity index (χ2n) is 10.9. The summed E-state index contributed by atoms with van der Waals surface area (Å²) < 4.78 is 27.0. The molecule has 0 bridgehead atoms. The molecule has 0 saturated carbocycles. The Morgan fingerprint density at radius 2 is 1.94 bits per heavy atom. The van der Waals surface area contributed by atoms with E-state index < -0.39 is 23.5 Å². The Morgan fingerprint density at radius 3 is 2.58 bits per heavy atom. The summed E-state index contributed by atoms with van der Waals surface area (Å²) in [5.74, 6) is -1.13. The van der Waals surface area contributed by atoms with Crippen LogP contribution in [0.4, 0.5) is 10.1 Å². The summed E-state index contributed by atoms with van der Waals surface area (Å²) in [6.45, 7) is 14.1. The fourth-order valence-electron chi connectivity index (χ4n) is 5.17. The third kappa shape index (κ3) is 4.33. The first-order valence-corrected chi connectivity index (χ1v) is 11.6. The Kier molecular flexibility index (Phi) is 5.72. The molecular formula is C27H34FNO4. The molecule has 0 spiro atoms. The molecule has 33 heavy (non-hydrogen) atoms. The predicted octanol–water partition coefficient (Wildman–Crippen LogP) is 6.12. The van der Waals surface area contributed by atoms with Crippen molar-refractivity contribution in [3.63, 3.8) is 0 Å². The Balaban J connectivity index is 2.06. The van der Waals surface area contributed by atoms with Gasteiger partial charge in [-0.15, -0.1) is 0 Å². The summed E-state index contributed by atoms with van der Waals surface area (Å²) in [5.41, 5.74) is 5.78. The second-order valence-corrected chi connectivity index (χ2v) is 10.9. The lowest BCUT2D eigenvalue weighted by atomic mass is 9.82. The largest absolute Gasteiger partial charge is 0.490 e. The van der Waals surface area contributed by atoms with E-state index in [1.54, 1.807) is 0 Å². The minimum Gasteiger partial charge on any atom is -0.490 e. The number of fused-ring (bicyclic) bond motifs is 2. The first-order valence-electron chi connectivity index (χ1n) is 11.6. The van der Waals surface area contributed by atoms with Crippen molar-refractivity contribution in [2.24, 2.45) is 0 Å². The van der Waals surface area contributed by atoms with Gasteiger partial charge in [0, 0.05) is 22.4 Å². The van der Waals surface area contributed by atoms with E-state index in [2.05, 4.69) is 19.2 Å². The van der Waals surface area contributed by atoms with Gasteiger partial charge in [0.15, 0.2) is 17.7 Å². The summed E-state index contributed by atoms with van der Waals surface area (Å²) >= 11 is 0. The summed E-state index contributed by atoms with van der Waals surface area (Å²) in [5, 5.41) is 13.8. The molecule has 1 unspecified atom stereocenters. The van der Waals surface area contributed by atoms with Crippen LogP contribution in [0.1, 0.15) is 75.0 Å². The number of carboxylic acid groups (broad SMARTS) is 1. The van der Waals surface area contributed by atoms with Crippen molar-refractivity contribution in [2.75, 3.05) is 11.9 Å². The zero-order valence-electron chi connectivity index (χ0n) is 20.6. The molecule has 2 heterocycles. The molecule has 0 saturated heterocycles. The average molecular weight is 456 g/mol. The number of anilines is 1. The number of rotatable bonds is 4. The van der Waals surface area contributed by atoms with Crippen LogP contribution in [0.5, 0.6) is 5.75 Å². The quantitative estimate of drug-likeness (QED) is 0.581. The van der Waals surface area contributed by atoms with Gasteiger partial charge >= 0.3 is 5.97 Å². The third-order valence-electron chi connectivity index (χ3n) is 6.44. The molecule has 0 amide bonds. The monoisotopic (exact) mass is 455 g/mol. The number of hydrogen-bond acceptors (Lipinski definition) is 4. The molecule has 2 aliphatic heterocycles. The van der Waals surface area contributed by atoms with Crippen molar-refractivity contribution in [2.45, 2.75) is 85.0 Å². The Hall–Kier alpha value is -2.60. The van der Waals surface area contributed by atoms with Gasteiger partial charge < -0.3 is 19.9 Å². The van der Waals surface area contributed by atoms with Gasteiger partial charge in [-0.3, -0.25) is 0 Å². The second kappa shape index (κ2) is 8.01. The van der Waals surface area contributed by atoms with Gasteiger partial charge in [-0.1, -0.05) is 0 Å². The van der Waals surface area contributed by atoms with E-state index in [1.807, 2.05) is 40.7 Å². The topological polar surface area (TPSA) is 67.8 Å². The standard InChI is InChI=1S/C27H34FNO4/c1-14-11-20-18(13-27(6,7)29-20)22(21(14)24(25(30)31)33-26(3,4)5)17-12-19(28)23-16(15(17)2)9-8-10-32-23/h11-12,24,29H,8-10,13H2,1-7H3,(H,30,31). The number of hydrogen-bond donors (Lipinski definition) is 2. The van der Waals surface area contributed by atoms with E-state index in [4.69, 9.17) is 9.47 Å². The highest BCUT2D eigenvalue weighted by molar-refractivity contribution is 5.88. The van der Waals surface area contributed by atoms with Crippen LogP contribution in [0.2, 0.25) is 0 Å². The zero-order valence-corrected chi connectivity index (χ0v) is 20.6. The molecule has 0 aromatic heterocycles. The van der Waals surface area contributed by atoms with Crippen molar-refractivity contribution < 1.29 is 23.8 Å². The van der Waals surface area contributed by atoms with E-state index >= 15 is 4.39 Å². The Morgan fingerprint density at radius 1 is 1.24 bits per heavy atom. The maximum absolute atomic E-state index is 15.3. The minimum atomic E-state index is -1.18. The summed E-state index contributed by atoms with van der Waals surface area (Å²) in [4.78, 5) is 12.5. The van der Waals surface area contributed by atoms with Crippen LogP contribution in [-0.2, 0) is 22.4 Å². The van der Waals surface area contributed by atoms with Crippen LogP contribution in [0, 0.1) is 19.7 Å². The van der Waals surface area contributed by atoms with Gasteiger partial charge in [0.25, 0.3) is 0 Å². The smallest absolute Gasteiger partial charge is 0.337 e. The van der Waals surface area contributed by atoms with Gasteiger partial charge in [-0.2, -0.15) is 0 Å². The van der Waals surface area contributed by atoms with Gasteiger partial charge in [0.05, 0.1) is 12.2 Å². The molecule has 0 fully saturated rings. The number of aryl methyl sites for hydroxylation is 1. The maximum Gasteiger partial charge on any atom is 0.337 e. The van der Waals surface area contributed by atoms with Crippen LogP contribution in [-0.4, -0.2) is 28.8 Å². The number of ether oxygens (including phenoxy) is 2. The summed E-state index contributed by atoms with van der Waals surface area (Å²) in [7, 11) is 0. The van der Waals surface area contributed by atoms with Crippen molar-refractivity contribution in [1.82, 2.24) is 0 Å². The fourth-order valence-corrected chi connectivity index (χ4v) is 5.17. The lowest BCUT2D eigenvalue weighted by Gasteiger charge is -2.30. The summed E-state index contributed by atoms with van der Waals surface area (Å²) in [6, 6.07) is 3.51. The number of halogens is 1. The molecule has 2 aromatic carbocycles. The molecule has 1 atom stereocenters. The average Bonchev–Trinajstić information content (AvgIpc) is 3.01. The molecule has 2 aliphatic rings. The van der Waals surface area contributed by atoms with E-state index in [0.717, 1.165) is 51.9 Å². The van der Waals surface area contributed by atoms with E-state index in [-0.39, 0.29) is 5.54 Å². The highest BCUT2D eigenvalue weighted by atomic mass is 19.1. The van der Waals surface area contributed by atoms with Crippen LogP contribution < -0.4 is 10.1 Å². The lowest BCUT2D eigenvalue weighted by Crippen LogP contribution is -2.28. The van der Waals surface area contributed by atoms with E-state index in [1.165, 1.54) is 6.07 Å². The normalized spacial score (nSPS) is 17.6. The Labute approximate surface area is 195 Å². The number of aliphatic carboxylic acids is 1. The highest BCUT2D eigenvalue weighted by Crippen LogP contribution is 2.48. The SMILES string of the molecule is Cc1cc2c(c(-c3cc(F)c4c(c3C)CCCO4)c1C(OC(C)(C)C)C(=O)O)CC(C)(C)N2. The van der Waals surface area contributed by atoms with Gasteiger partial charge in [0.2, 0.25) is 0 Å². The first kappa shape index (κ1) is 23.6. The molecule has 178 valence electrons. The molecule has 2 aromatic rings. The van der Waals surface area contributed by atoms with Crippen LogP contribution in [0.25, 0.3) is 11.1 Å². The van der Waals surface area contributed by atoms with Crippen molar-refractivity contribution in [3.8, 4) is 16.9 Å². The van der Waals surface area contributed by atoms with Gasteiger partial charge in [-0.05, 0) is 108 Å². The molecule has 0 aliphatic carbocycles. The Bertz CT molecular complexity index is 1130. The van der Waals surface area contributed by atoms with Crippen LogP contribution in [0.15, 0.2) is 12.1 Å². The third-order valence-corrected chi connectivity index (χ3v) is 6.44. The van der Waals surface area contributed by atoms with Crippen molar-refractivity contribution in [3.05, 3.63) is 45.8 Å². The number of nitrogens with one attached hydrogen (secondary N) is 1. The molecule has 6 heteroatoms. The molecule has 0 radical (unpaired) electrons. The minimum absolute atomic E-state index is 0.199. The number of carbonyl (C=O) groups is 1. The molecule has 4 rings (SSSR count). The van der Waals surface area contributed by atoms with E-state index in [0.29, 0.717) is 24.3 Å². The molecule has 2 N–H and O–H groups in total. The van der Waals surface area contributed by atoms with E-state index in [9.17, 15) is 9.90 Å².